The van der Waals surface area contributed by atoms with Crippen LogP contribution in [0.3, 0.4) is 0 Å². The van der Waals surface area contributed by atoms with Gasteiger partial charge in [-0.15, -0.1) is 0 Å². The molecule has 0 aromatic heterocycles. The van der Waals surface area contributed by atoms with E-state index in [0.29, 0.717) is 56.3 Å². The molecular formula is C22H35N5O6. The first kappa shape index (κ1) is 27.7. The Morgan fingerprint density at radius 3 is 1.82 bits per heavy atom. The molecule has 33 heavy (non-hydrogen) atoms. The smallest absolute Gasteiger partial charge is 0.407 e. The Morgan fingerprint density at radius 2 is 1.36 bits per heavy atom. The zero-order chi connectivity index (χ0) is 24.9. The molecule has 2 amide bonds. The van der Waals surface area contributed by atoms with E-state index < -0.39 is 23.4 Å². The second-order valence-electron chi connectivity index (χ2n) is 9.08. The average Bonchev–Trinajstić information content (AvgIpc) is 2.66. The highest BCUT2D eigenvalue weighted by molar-refractivity contribution is 5.67. The van der Waals surface area contributed by atoms with Gasteiger partial charge in [0, 0.05) is 23.7 Å². The van der Waals surface area contributed by atoms with Crippen LogP contribution in [0, 0.1) is 0 Å². The standard InChI is InChI=1S/C22H35N5O6/c1-21(2,3)32-19(28)24-11-7-13-30-17-10-9-16(26-27-23)15-18(17)31-14-8-12-25-20(29)33-22(4,5)6/h9-10,15H,7-8,11-14H2,1-6H3,(H,24,28)(H,25,29). The fourth-order valence-electron chi connectivity index (χ4n) is 2.36. The molecule has 0 aliphatic rings. The summed E-state index contributed by atoms with van der Waals surface area (Å²) >= 11 is 0. The van der Waals surface area contributed by atoms with Gasteiger partial charge >= 0.3 is 12.2 Å². The monoisotopic (exact) mass is 465 g/mol. The largest absolute Gasteiger partial charge is 0.490 e. The lowest BCUT2D eigenvalue weighted by molar-refractivity contribution is 0.0513. The highest BCUT2D eigenvalue weighted by atomic mass is 16.6. The molecule has 0 saturated carbocycles. The minimum atomic E-state index is -0.559. The fraction of sp³-hybridized carbons (Fsp3) is 0.636. The third kappa shape index (κ3) is 13.6. The molecule has 0 aliphatic carbocycles. The Bertz CT molecular complexity index is 826. The Kier molecular flexibility index (Phi) is 11.1. The predicted octanol–water partition coefficient (Wildman–Crippen LogP) is 5.22. The number of amides is 2. The van der Waals surface area contributed by atoms with Gasteiger partial charge in [-0.1, -0.05) is 5.11 Å². The summed E-state index contributed by atoms with van der Waals surface area (Å²) in [5.41, 5.74) is 7.94. The summed E-state index contributed by atoms with van der Waals surface area (Å²) in [6.07, 6.45) is 0.114. The zero-order valence-electron chi connectivity index (χ0n) is 20.3. The number of ether oxygens (including phenoxy) is 4. The van der Waals surface area contributed by atoms with E-state index in [2.05, 4.69) is 20.7 Å². The molecule has 0 heterocycles. The summed E-state index contributed by atoms with van der Waals surface area (Å²) in [5.74, 6) is 0.890. The fourth-order valence-corrected chi connectivity index (χ4v) is 2.36. The van der Waals surface area contributed by atoms with Crippen LogP contribution in [0.4, 0.5) is 15.3 Å². The van der Waals surface area contributed by atoms with E-state index in [1.54, 1.807) is 59.7 Å². The summed E-state index contributed by atoms with van der Waals surface area (Å²) in [4.78, 5) is 26.1. The lowest BCUT2D eigenvalue weighted by atomic mass is 10.2. The number of nitrogens with zero attached hydrogens (tertiary/aromatic N) is 3. The Hall–Kier alpha value is -3.33. The first-order chi connectivity index (χ1) is 15.4. The van der Waals surface area contributed by atoms with Crippen molar-refractivity contribution in [1.29, 1.82) is 0 Å². The van der Waals surface area contributed by atoms with Crippen molar-refractivity contribution < 1.29 is 28.5 Å². The van der Waals surface area contributed by atoms with E-state index in [1.807, 2.05) is 0 Å². The Balaban J connectivity index is 2.49. The second kappa shape index (κ2) is 13.3. The van der Waals surface area contributed by atoms with Crippen molar-refractivity contribution in [3.8, 4) is 11.5 Å². The van der Waals surface area contributed by atoms with Crippen molar-refractivity contribution >= 4 is 17.9 Å². The molecule has 0 atom stereocenters. The van der Waals surface area contributed by atoms with E-state index in [1.165, 1.54) is 0 Å². The minimum Gasteiger partial charge on any atom is -0.490 e. The maximum atomic E-state index is 11.7. The van der Waals surface area contributed by atoms with Crippen LogP contribution in [0.1, 0.15) is 54.4 Å². The van der Waals surface area contributed by atoms with Crippen molar-refractivity contribution in [2.45, 2.75) is 65.6 Å². The maximum Gasteiger partial charge on any atom is 0.407 e. The van der Waals surface area contributed by atoms with Gasteiger partial charge in [-0.2, -0.15) is 0 Å². The van der Waals surface area contributed by atoms with Crippen LogP contribution in [0.2, 0.25) is 0 Å². The average molecular weight is 466 g/mol. The number of alkyl carbamates (subject to hydrolysis) is 2. The van der Waals surface area contributed by atoms with E-state index in [-0.39, 0.29) is 0 Å². The van der Waals surface area contributed by atoms with Crippen LogP contribution >= 0.6 is 0 Å². The van der Waals surface area contributed by atoms with E-state index in [9.17, 15) is 9.59 Å². The first-order valence-electron chi connectivity index (χ1n) is 10.8. The maximum absolute atomic E-state index is 11.7. The van der Waals surface area contributed by atoms with Crippen LogP contribution in [0.5, 0.6) is 11.5 Å². The van der Waals surface area contributed by atoms with Crippen LogP contribution in [-0.4, -0.2) is 49.7 Å². The molecule has 11 nitrogen and oxygen atoms in total. The summed E-state index contributed by atoms with van der Waals surface area (Å²) in [6.45, 7) is 12.2. The van der Waals surface area contributed by atoms with Crippen molar-refractivity contribution in [2.24, 2.45) is 5.11 Å². The number of carbonyl (C=O) groups is 2. The number of hydrogen-bond acceptors (Lipinski definition) is 7. The molecule has 0 radical (unpaired) electrons. The third-order valence-corrected chi connectivity index (χ3v) is 3.58. The highest BCUT2D eigenvalue weighted by Gasteiger charge is 2.16. The van der Waals surface area contributed by atoms with Crippen molar-refractivity contribution in [2.75, 3.05) is 26.3 Å². The molecule has 184 valence electrons. The van der Waals surface area contributed by atoms with E-state index >= 15 is 0 Å². The Labute approximate surface area is 194 Å². The molecule has 0 saturated heterocycles. The summed E-state index contributed by atoms with van der Waals surface area (Å²) in [5, 5.41) is 8.90. The number of azide groups is 1. The lowest BCUT2D eigenvalue weighted by Gasteiger charge is -2.20. The number of rotatable bonds is 11. The lowest BCUT2D eigenvalue weighted by Crippen LogP contribution is -2.33. The molecule has 11 heteroatoms. The number of carbonyl (C=O) groups excluding carboxylic acids is 2. The van der Waals surface area contributed by atoms with Gasteiger partial charge in [0.1, 0.15) is 11.2 Å². The summed E-state index contributed by atoms with van der Waals surface area (Å²) < 4.78 is 21.9. The molecule has 2 N–H and O–H groups in total. The topological polar surface area (TPSA) is 144 Å². The van der Waals surface area contributed by atoms with Gasteiger partial charge in [-0.3, -0.25) is 0 Å². The SMILES string of the molecule is CC(C)(C)OC(=O)NCCCOc1ccc(N=[N+]=[N-])cc1OCCCNC(=O)OC(C)(C)C. The van der Waals surface area contributed by atoms with Gasteiger partial charge in [-0.05, 0) is 78.1 Å². The third-order valence-electron chi connectivity index (χ3n) is 3.58. The molecule has 0 fully saturated rings. The highest BCUT2D eigenvalue weighted by Crippen LogP contribution is 2.32. The van der Waals surface area contributed by atoms with E-state index in [4.69, 9.17) is 24.5 Å². The van der Waals surface area contributed by atoms with Crippen LogP contribution < -0.4 is 20.1 Å². The molecule has 1 aromatic rings. The summed E-state index contributed by atoms with van der Waals surface area (Å²) in [6, 6.07) is 4.85. The van der Waals surface area contributed by atoms with Crippen LogP contribution in [0.25, 0.3) is 10.4 Å². The number of nitrogens with one attached hydrogen (secondary N) is 2. The quantitative estimate of drug-likeness (QED) is 0.198. The predicted molar refractivity (Wildman–Crippen MR) is 124 cm³/mol. The molecule has 0 unspecified atom stereocenters. The Morgan fingerprint density at radius 1 is 0.879 bits per heavy atom. The summed E-state index contributed by atoms with van der Waals surface area (Å²) in [7, 11) is 0. The zero-order valence-corrected chi connectivity index (χ0v) is 20.3. The van der Waals surface area contributed by atoms with Gasteiger partial charge in [0.15, 0.2) is 11.5 Å². The minimum absolute atomic E-state index is 0.298. The molecule has 0 spiro atoms. The number of hydrogen-bond donors (Lipinski definition) is 2. The molecule has 1 aromatic carbocycles. The van der Waals surface area contributed by atoms with Gasteiger partial charge in [0.25, 0.3) is 0 Å². The van der Waals surface area contributed by atoms with Gasteiger partial charge in [0.05, 0.1) is 13.2 Å². The van der Waals surface area contributed by atoms with Crippen LogP contribution in [0.15, 0.2) is 23.3 Å². The van der Waals surface area contributed by atoms with Crippen LogP contribution in [-0.2, 0) is 9.47 Å². The molecular weight excluding hydrogens is 430 g/mol. The van der Waals surface area contributed by atoms with Crippen molar-refractivity contribution in [1.82, 2.24) is 10.6 Å². The van der Waals surface area contributed by atoms with Crippen molar-refractivity contribution in [3.05, 3.63) is 28.6 Å². The second-order valence-corrected chi connectivity index (χ2v) is 9.08. The molecule has 0 bridgehead atoms. The normalized spacial score (nSPS) is 11.1. The van der Waals surface area contributed by atoms with Gasteiger partial charge < -0.3 is 29.6 Å². The van der Waals surface area contributed by atoms with Gasteiger partial charge in [0.2, 0.25) is 0 Å². The van der Waals surface area contributed by atoms with Gasteiger partial charge in [-0.25, -0.2) is 9.59 Å². The molecule has 1 rings (SSSR count). The van der Waals surface area contributed by atoms with Crippen molar-refractivity contribution in [3.63, 3.8) is 0 Å². The van der Waals surface area contributed by atoms with E-state index in [0.717, 1.165) is 0 Å². The number of benzene rings is 1. The molecule has 0 aliphatic heterocycles. The first-order valence-corrected chi connectivity index (χ1v) is 10.8.